The number of benzene rings is 2. The molecule has 0 aliphatic carbocycles. The van der Waals surface area contributed by atoms with Gasteiger partial charge in [0.15, 0.2) is 5.78 Å². The lowest BCUT2D eigenvalue weighted by Crippen LogP contribution is -2.20. The van der Waals surface area contributed by atoms with E-state index in [9.17, 15) is 9.59 Å². The molecule has 0 aliphatic heterocycles. The van der Waals surface area contributed by atoms with Crippen LogP contribution in [0.2, 0.25) is 0 Å². The molecule has 0 saturated heterocycles. The number of nitrogens with zero attached hydrogens (tertiary/aromatic N) is 2. The average molecular weight is 403 g/mol. The molecule has 0 unspecified atom stereocenters. The van der Waals surface area contributed by atoms with E-state index in [1.807, 2.05) is 35.0 Å². The molecule has 0 atom stereocenters. The van der Waals surface area contributed by atoms with Crippen molar-refractivity contribution in [3.05, 3.63) is 97.9 Å². The van der Waals surface area contributed by atoms with E-state index in [0.29, 0.717) is 20.5 Å². The van der Waals surface area contributed by atoms with Gasteiger partial charge in [0.25, 0.3) is 5.56 Å². The summed E-state index contributed by atoms with van der Waals surface area (Å²) in [6, 6.07) is 14.6. The van der Waals surface area contributed by atoms with E-state index < -0.39 is 0 Å². The van der Waals surface area contributed by atoms with E-state index >= 15 is 0 Å². The molecule has 0 bridgehead atoms. The second-order valence-electron chi connectivity index (χ2n) is 6.23. The van der Waals surface area contributed by atoms with Gasteiger partial charge in [-0.2, -0.15) is 0 Å². The number of methoxy groups -OCH3 is 1. The van der Waals surface area contributed by atoms with Crippen molar-refractivity contribution in [2.45, 2.75) is 0 Å². The van der Waals surface area contributed by atoms with Crippen molar-refractivity contribution in [3.63, 3.8) is 0 Å². The minimum atomic E-state index is -0.220. The van der Waals surface area contributed by atoms with Crippen LogP contribution in [-0.2, 0) is 0 Å². The van der Waals surface area contributed by atoms with E-state index in [1.54, 1.807) is 50.0 Å². The number of hydrogen-bond acceptors (Lipinski definition) is 5. The topological polar surface area (TPSA) is 77.0 Å². The molecule has 2 heterocycles. The predicted octanol–water partition coefficient (Wildman–Crippen LogP) is 2.12. The Morgan fingerprint density at radius 2 is 1.90 bits per heavy atom. The van der Waals surface area contributed by atoms with E-state index in [1.165, 1.54) is 17.4 Å². The van der Waals surface area contributed by atoms with Crippen LogP contribution in [0, 0.1) is 0 Å². The first-order chi connectivity index (χ1) is 14.1. The third kappa shape index (κ3) is 4.25. The SMILES string of the molecule is COc1ccc(C(=O)/C=c2/[nH]c(=O)/c(=C/c3ccc(-n4ccnc4)cc3)s2)cc1. The lowest BCUT2D eigenvalue weighted by atomic mass is 10.1. The van der Waals surface area contributed by atoms with Crippen LogP contribution in [-0.4, -0.2) is 27.4 Å². The number of carbonyl (C=O) groups excluding carboxylic acids is 1. The van der Waals surface area contributed by atoms with Gasteiger partial charge in [0.05, 0.1) is 22.6 Å². The van der Waals surface area contributed by atoms with Crippen molar-refractivity contribution in [3.8, 4) is 11.4 Å². The molecule has 6 nitrogen and oxygen atoms in total. The maximum absolute atomic E-state index is 12.4. The summed E-state index contributed by atoms with van der Waals surface area (Å²) >= 11 is 1.25. The molecule has 29 heavy (non-hydrogen) atoms. The fraction of sp³-hybridized carbons (Fsp3) is 0.0455. The Labute approximate surface area is 170 Å². The zero-order valence-electron chi connectivity index (χ0n) is 15.5. The van der Waals surface area contributed by atoms with E-state index in [0.717, 1.165) is 11.3 Å². The van der Waals surface area contributed by atoms with Gasteiger partial charge in [0.2, 0.25) is 0 Å². The Morgan fingerprint density at radius 1 is 1.14 bits per heavy atom. The molecule has 1 N–H and O–H groups in total. The summed E-state index contributed by atoms with van der Waals surface area (Å²) in [7, 11) is 1.57. The third-order valence-corrected chi connectivity index (χ3v) is 5.27. The molecule has 4 aromatic rings. The molecular weight excluding hydrogens is 386 g/mol. The quantitative estimate of drug-likeness (QED) is 0.518. The molecule has 0 amide bonds. The van der Waals surface area contributed by atoms with Crippen LogP contribution in [0.25, 0.3) is 17.8 Å². The van der Waals surface area contributed by atoms with Crippen LogP contribution in [0.3, 0.4) is 0 Å². The first-order valence-electron chi connectivity index (χ1n) is 8.82. The summed E-state index contributed by atoms with van der Waals surface area (Å²) in [6.45, 7) is 0. The molecule has 0 spiro atoms. The van der Waals surface area contributed by atoms with Crippen molar-refractivity contribution in [2.75, 3.05) is 7.11 Å². The van der Waals surface area contributed by atoms with Gasteiger partial charge >= 0.3 is 0 Å². The Balaban J connectivity index is 1.60. The number of ketones is 1. The minimum absolute atomic E-state index is 0.179. The van der Waals surface area contributed by atoms with Gasteiger partial charge in [-0.3, -0.25) is 9.59 Å². The Hall–Kier alpha value is -3.71. The van der Waals surface area contributed by atoms with Crippen molar-refractivity contribution >= 4 is 29.3 Å². The molecule has 2 aromatic heterocycles. The molecule has 4 rings (SSSR count). The van der Waals surface area contributed by atoms with Gasteiger partial charge in [0, 0.05) is 29.7 Å². The molecule has 2 aromatic carbocycles. The molecule has 0 radical (unpaired) electrons. The minimum Gasteiger partial charge on any atom is -0.497 e. The summed E-state index contributed by atoms with van der Waals surface area (Å²) in [5.74, 6) is 0.503. The van der Waals surface area contributed by atoms with Gasteiger partial charge in [-0.05, 0) is 48.0 Å². The number of aromatic amines is 1. The van der Waals surface area contributed by atoms with Crippen LogP contribution < -0.4 is 19.5 Å². The van der Waals surface area contributed by atoms with Crippen molar-refractivity contribution in [1.82, 2.24) is 14.5 Å². The summed E-state index contributed by atoms with van der Waals surface area (Å²) < 4.78 is 8.05. The van der Waals surface area contributed by atoms with Crippen LogP contribution in [0.15, 0.2) is 72.0 Å². The highest BCUT2D eigenvalue weighted by molar-refractivity contribution is 7.07. The summed E-state index contributed by atoms with van der Waals surface area (Å²) in [5.41, 5.74) is 2.19. The molecule has 144 valence electrons. The maximum Gasteiger partial charge on any atom is 0.266 e. The van der Waals surface area contributed by atoms with Gasteiger partial charge in [-0.25, -0.2) is 4.98 Å². The molecule has 0 fully saturated rings. The number of thiazole rings is 1. The predicted molar refractivity (Wildman–Crippen MR) is 113 cm³/mol. The Morgan fingerprint density at radius 3 is 2.55 bits per heavy atom. The second-order valence-corrected chi connectivity index (χ2v) is 7.31. The van der Waals surface area contributed by atoms with Crippen molar-refractivity contribution in [1.29, 1.82) is 0 Å². The summed E-state index contributed by atoms with van der Waals surface area (Å²) in [4.78, 5) is 31.4. The first kappa shape index (κ1) is 18.6. The van der Waals surface area contributed by atoms with Gasteiger partial charge in [-0.15, -0.1) is 11.3 Å². The van der Waals surface area contributed by atoms with Crippen LogP contribution in [0.4, 0.5) is 0 Å². The maximum atomic E-state index is 12.4. The van der Waals surface area contributed by atoms with E-state index in [-0.39, 0.29) is 11.3 Å². The van der Waals surface area contributed by atoms with E-state index in [4.69, 9.17) is 4.74 Å². The number of imidazole rings is 1. The first-order valence-corrected chi connectivity index (χ1v) is 9.63. The highest BCUT2D eigenvalue weighted by Gasteiger charge is 2.04. The molecule has 7 heteroatoms. The van der Waals surface area contributed by atoms with Gasteiger partial charge < -0.3 is 14.3 Å². The zero-order chi connectivity index (χ0) is 20.2. The monoisotopic (exact) mass is 403 g/mol. The number of aromatic nitrogens is 3. The second kappa shape index (κ2) is 8.12. The number of H-pyrrole nitrogens is 1. The van der Waals surface area contributed by atoms with Gasteiger partial charge in [-0.1, -0.05) is 12.1 Å². The van der Waals surface area contributed by atoms with Gasteiger partial charge in [0.1, 0.15) is 5.75 Å². The molecular formula is C22H17N3O3S. The largest absolute Gasteiger partial charge is 0.497 e. The lowest BCUT2D eigenvalue weighted by molar-refractivity contribution is 0.106. The lowest BCUT2D eigenvalue weighted by Gasteiger charge is -2.01. The molecule has 0 saturated carbocycles. The van der Waals surface area contributed by atoms with Crippen LogP contribution in [0.5, 0.6) is 5.75 Å². The molecule has 0 aliphatic rings. The van der Waals surface area contributed by atoms with E-state index in [2.05, 4.69) is 9.97 Å². The Kier molecular flexibility index (Phi) is 5.22. The number of rotatable bonds is 5. The third-order valence-electron chi connectivity index (χ3n) is 4.31. The van der Waals surface area contributed by atoms with Crippen molar-refractivity contribution in [2.24, 2.45) is 0 Å². The number of hydrogen-bond donors (Lipinski definition) is 1. The normalized spacial score (nSPS) is 12.3. The number of carbonyl (C=O) groups is 1. The fourth-order valence-electron chi connectivity index (χ4n) is 2.79. The highest BCUT2D eigenvalue weighted by Crippen LogP contribution is 2.12. The van der Waals surface area contributed by atoms with Crippen LogP contribution >= 0.6 is 11.3 Å². The number of ether oxygens (including phenoxy) is 1. The smallest absolute Gasteiger partial charge is 0.266 e. The standard InChI is InChI=1S/C22H17N3O3S/c1-28-18-8-4-16(5-9-18)19(26)13-21-24-22(27)20(29-21)12-15-2-6-17(7-3-15)25-11-10-23-14-25/h2-14H,1H3,(H,24,27)/b20-12-,21-13-. The zero-order valence-corrected chi connectivity index (χ0v) is 16.3. The van der Waals surface area contributed by atoms with Crippen molar-refractivity contribution < 1.29 is 9.53 Å². The van der Waals surface area contributed by atoms with Crippen LogP contribution in [0.1, 0.15) is 15.9 Å². The fourth-order valence-corrected chi connectivity index (χ4v) is 3.67. The number of nitrogens with one attached hydrogen (secondary N) is 1. The number of Topliss-reactive ketones (excluding diaryl/α,β-unsaturated/α-hetero) is 1. The summed E-state index contributed by atoms with van der Waals surface area (Å²) in [5, 5.41) is 0. The summed E-state index contributed by atoms with van der Waals surface area (Å²) in [6.07, 6.45) is 8.55. The average Bonchev–Trinajstić information content (AvgIpc) is 3.39. The Bertz CT molecular complexity index is 1300. The highest BCUT2D eigenvalue weighted by atomic mass is 32.1.